The minimum absolute atomic E-state index is 0.311. The second kappa shape index (κ2) is 8.19. The fraction of sp³-hybridized carbons (Fsp3) is 0.480. The first-order valence-corrected chi connectivity index (χ1v) is 10.9. The summed E-state index contributed by atoms with van der Waals surface area (Å²) in [6.45, 7) is 13.4. The third-order valence-electron chi connectivity index (χ3n) is 6.08. The van der Waals surface area contributed by atoms with Crippen molar-refractivity contribution in [1.82, 2.24) is 14.9 Å². The number of nitrogens with one attached hydrogen (secondary N) is 1. The molecular weight excluding hydrogens is 358 g/mol. The molecule has 4 heteroatoms. The van der Waals surface area contributed by atoms with Crippen molar-refractivity contribution >= 4 is 10.9 Å². The summed E-state index contributed by atoms with van der Waals surface area (Å²) in [5.41, 5.74) is 5.95. The summed E-state index contributed by atoms with van der Waals surface area (Å²) in [4.78, 5) is 10.5. The lowest BCUT2D eigenvalue weighted by Gasteiger charge is -2.34. The second-order valence-corrected chi connectivity index (χ2v) is 8.91. The minimum atomic E-state index is 0.311. The van der Waals surface area contributed by atoms with E-state index in [2.05, 4.69) is 72.9 Å². The fourth-order valence-electron chi connectivity index (χ4n) is 4.50. The Balaban J connectivity index is 1.63. The molecule has 4 nitrogen and oxygen atoms in total. The van der Waals surface area contributed by atoms with Gasteiger partial charge in [0.05, 0.1) is 5.69 Å². The molecule has 4 rings (SSSR count). The molecule has 3 heterocycles. The van der Waals surface area contributed by atoms with E-state index in [4.69, 9.17) is 4.74 Å². The Hall–Kier alpha value is -2.33. The number of benzene rings is 1. The van der Waals surface area contributed by atoms with Crippen LogP contribution < -0.4 is 4.74 Å². The van der Waals surface area contributed by atoms with Crippen LogP contribution in [0, 0.1) is 6.92 Å². The summed E-state index contributed by atoms with van der Waals surface area (Å²) in [7, 11) is 0. The third kappa shape index (κ3) is 4.18. The number of fused-ring (bicyclic) bond motifs is 1. The van der Waals surface area contributed by atoms with Crippen LogP contribution in [0.2, 0.25) is 0 Å². The van der Waals surface area contributed by atoms with Gasteiger partial charge in [-0.05, 0) is 75.4 Å². The molecule has 1 aliphatic heterocycles. The van der Waals surface area contributed by atoms with Gasteiger partial charge in [-0.15, -0.1) is 0 Å². The van der Waals surface area contributed by atoms with Crippen LogP contribution in [0.25, 0.3) is 22.2 Å². The number of rotatable bonds is 5. The van der Waals surface area contributed by atoms with Gasteiger partial charge in [0.1, 0.15) is 11.9 Å². The lowest BCUT2D eigenvalue weighted by Crippen LogP contribution is -2.41. The molecule has 2 aromatic heterocycles. The zero-order chi connectivity index (χ0) is 20.5. The van der Waals surface area contributed by atoms with E-state index in [0.29, 0.717) is 18.1 Å². The first kappa shape index (κ1) is 20.0. The van der Waals surface area contributed by atoms with E-state index in [1.165, 1.54) is 27.7 Å². The van der Waals surface area contributed by atoms with Crippen molar-refractivity contribution in [2.45, 2.75) is 65.5 Å². The highest BCUT2D eigenvalue weighted by molar-refractivity contribution is 5.92. The van der Waals surface area contributed by atoms with Gasteiger partial charge < -0.3 is 14.6 Å². The van der Waals surface area contributed by atoms with Crippen LogP contribution >= 0.6 is 0 Å². The quantitative estimate of drug-likeness (QED) is 0.587. The van der Waals surface area contributed by atoms with Crippen molar-refractivity contribution < 1.29 is 4.74 Å². The van der Waals surface area contributed by atoms with Crippen molar-refractivity contribution in [2.75, 3.05) is 13.1 Å². The van der Waals surface area contributed by atoms with Gasteiger partial charge in [-0.3, -0.25) is 4.98 Å². The molecule has 0 saturated carbocycles. The number of ether oxygens (including phenoxy) is 1. The van der Waals surface area contributed by atoms with Crippen LogP contribution in [0.15, 0.2) is 36.5 Å². The van der Waals surface area contributed by atoms with Gasteiger partial charge in [0.15, 0.2) is 0 Å². The van der Waals surface area contributed by atoms with Gasteiger partial charge in [-0.25, -0.2) is 0 Å². The predicted molar refractivity (Wildman–Crippen MR) is 121 cm³/mol. The van der Waals surface area contributed by atoms with Crippen molar-refractivity contribution in [3.8, 4) is 17.0 Å². The molecule has 0 amide bonds. The largest absolute Gasteiger partial charge is 0.490 e. The maximum absolute atomic E-state index is 6.41. The van der Waals surface area contributed by atoms with E-state index < -0.39 is 0 Å². The van der Waals surface area contributed by atoms with Crippen LogP contribution in [0.1, 0.15) is 57.7 Å². The van der Waals surface area contributed by atoms with Crippen molar-refractivity contribution in [3.05, 3.63) is 47.8 Å². The van der Waals surface area contributed by atoms with E-state index in [9.17, 15) is 0 Å². The van der Waals surface area contributed by atoms with E-state index in [-0.39, 0.29) is 0 Å². The third-order valence-corrected chi connectivity index (χ3v) is 6.08. The van der Waals surface area contributed by atoms with Crippen molar-refractivity contribution in [2.24, 2.45) is 0 Å². The normalized spacial score (nSPS) is 16.2. The zero-order valence-corrected chi connectivity index (χ0v) is 18.3. The molecular formula is C25H33N3O. The number of H-pyrrole nitrogens is 1. The lowest BCUT2D eigenvalue weighted by molar-refractivity contribution is 0.0844. The van der Waals surface area contributed by atoms with Gasteiger partial charge in [0.2, 0.25) is 0 Å². The van der Waals surface area contributed by atoms with Gasteiger partial charge in [0.25, 0.3) is 0 Å². The van der Waals surface area contributed by atoms with Crippen LogP contribution in [0.4, 0.5) is 0 Å². The lowest BCUT2D eigenvalue weighted by atomic mass is 9.96. The van der Waals surface area contributed by atoms with Gasteiger partial charge in [0, 0.05) is 47.5 Å². The Morgan fingerprint density at radius 2 is 1.83 bits per heavy atom. The maximum atomic E-state index is 6.41. The zero-order valence-electron chi connectivity index (χ0n) is 18.3. The maximum Gasteiger partial charge on any atom is 0.120 e. The molecule has 1 aromatic carbocycles. The fourth-order valence-corrected chi connectivity index (χ4v) is 4.50. The summed E-state index contributed by atoms with van der Waals surface area (Å²) in [5, 5.41) is 1.27. The van der Waals surface area contributed by atoms with Gasteiger partial charge >= 0.3 is 0 Å². The molecule has 1 N–H and O–H groups in total. The standard InChI is InChI=1S/C25H33N3O/c1-16(2)24-22-15-21(29-20-9-12-28(13-10-20)17(3)4)6-7-23(22)27-25(24)19-8-11-26-18(5)14-19/h6-8,11,14-17,20,27H,9-10,12-13H2,1-5H3. The Morgan fingerprint density at radius 3 is 2.48 bits per heavy atom. The summed E-state index contributed by atoms with van der Waals surface area (Å²) < 4.78 is 6.41. The molecule has 0 aliphatic carbocycles. The molecule has 1 fully saturated rings. The monoisotopic (exact) mass is 391 g/mol. The van der Waals surface area contributed by atoms with E-state index in [1.807, 2.05) is 13.1 Å². The Bertz CT molecular complexity index is 981. The van der Waals surface area contributed by atoms with Crippen molar-refractivity contribution in [1.29, 1.82) is 0 Å². The number of aryl methyl sites for hydroxylation is 1. The smallest absolute Gasteiger partial charge is 0.120 e. The first-order valence-electron chi connectivity index (χ1n) is 10.9. The molecule has 154 valence electrons. The van der Waals surface area contributed by atoms with Crippen LogP contribution in [-0.4, -0.2) is 40.1 Å². The van der Waals surface area contributed by atoms with E-state index in [0.717, 1.165) is 37.4 Å². The number of likely N-dealkylation sites (tertiary alicyclic amines) is 1. The number of nitrogens with zero attached hydrogens (tertiary/aromatic N) is 2. The number of pyridine rings is 1. The first-order chi connectivity index (χ1) is 13.9. The van der Waals surface area contributed by atoms with Crippen molar-refractivity contribution in [3.63, 3.8) is 0 Å². The molecule has 1 aliphatic rings. The SMILES string of the molecule is Cc1cc(-c2[nH]c3ccc(OC4CCN(C(C)C)CC4)cc3c2C(C)C)ccn1. The Labute approximate surface area is 174 Å². The highest BCUT2D eigenvalue weighted by Gasteiger charge is 2.23. The van der Waals surface area contributed by atoms with E-state index >= 15 is 0 Å². The molecule has 0 radical (unpaired) electrons. The minimum Gasteiger partial charge on any atom is -0.490 e. The van der Waals surface area contributed by atoms with Crippen LogP contribution in [0.3, 0.4) is 0 Å². The summed E-state index contributed by atoms with van der Waals surface area (Å²) >= 11 is 0. The molecule has 3 aromatic rings. The van der Waals surface area contributed by atoms with E-state index in [1.54, 1.807) is 0 Å². The number of aromatic nitrogens is 2. The summed E-state index contributed by atoms with van der Waals surface area (Å²) in [6, 6.07) is 11.4. The number of aromatic amines is 1. The average molecular weight is 392 g/mol. The van der Waals surface area contributed by atoms with Gasteiger partial charge in [-0.1, -0.05) is 13.8 Å². The molecule has 0 spiro atoms. The number of hydrogen-bond acceptors (Lipinski definition) is 3. The van der Waals surface area contributed by atoms with Gasteiger partial charge in [-0.2, -0.15) is 0 Å². The highest BCUT2D eigenvalue weighted by atomic mass is 16.5. The average Bonchev–Trinajstić information content (AvgIpc) is 3.07. The predicted octanol–water partition coefficient (Wildman–Crippen LogP) is 5.91. The summed E-state index contributed by atoms with van der Waals surface area (Å²) in [6.07, 6.45) is 4.40. The highest BCUT2D eigenvalue weighted by Crippen LogP contribution is 2.37. The topological polar surface area (TPSA) is 41.1 Å². The second-order valence-electron chi connectivity index (χ2n) is 8.91. The summed E-state index contributed by atoms with van der Waals surface area (Å²) in [5.74, 6) is 1.40. The number of hydrogen-bond donors (Lipinski definition) is 1. The van der Waals surface area contributed by atoms with Crippen LogP contribution in [-0.2, 0) is 0 Å². The molecule has 0 atom stereocenters. The molecule has 0 unspecified atom stereocenters. The number of piperidine rings is 1. The Morgan fingerprint density at radius 1 is 1.07 bits per heavy atom. The Kier molecular flexibility index (Phi) is 5.64. The molecule has 29 heavy (non-hydrogen) atoms. The van der Waals surface area contributed by atoms with Crippen LogP contribution in [0.5, 0.6) is 5.75 Å². The molecule has 0 bridgehead atoms. The molecule has 1 saturated heterocycles.